The maximum Gasteiger partial charge on any atom is 0.241 e. The Hall–Kier alpha value is -1.20. The molecule has 0 aliphatic rings. The van der Waals surface area contributed by atoms with Gasteiger partial charge in [0, 0.05) is 6.61 Å². The van der Waals surface area contributed by atoms with Crippen LogP contribution in [0.3, 0.4) is 0 Å². The summed E-state index contributed by atoms with van der Waals surface area (Å²) in [7, 11) is -7.09. The number of nitrogens with two attached hydrogens (primary N) is 2. The van der Waals surface area contributed by atoms with Crippen molar-refractivity contribution in [3.05, 3.63) is 17.7 Å². The summed E-state index contributed by atoms with van der Waals surface area (Å²) in [5, 5.41) is 18.9. The molecule has 0 fully saturated rings. The number of methoxy groups -OCH3 is 1. The average molecular weight is 310 g/mol. The SMILES string of the molecule is COc1c(CCO)cc(S(N)(=O)=O)cc1S(N)(=O)=O. The highest BCUT2D eigenvalue weighted by atomic mass is 32.2. The van der Waals surface area contributed by atoms with E-state index in [9.17, 15) is 16.8 Å². The number of ether oxygens (including phenoxy) is 1. The molecule has 0 atom stereocenters. The molecule has 0 saturated carbocycles. The molecule has 0 aromatic heterocycles. The minimum absolute atomic E-state index is 0.00491. The molecule has 0 spiro atoms. The molecule has 108 valence electrons. The lowest BCUT2D eigenvalue weighted by molar-refractivity contribution is 0.296. The molecule has 8 nitrogen and oxygen atoms in total. The van der Waals surface area contributed by atoms with Crippen LogP contribution in [0, 0.1) is 0 Å². The largest absolute Gasteiger partial charge is 0.495 e. The predicted molar refractivity (Wildman–Crippen MR) is 66.5 cm³/mol. The molecule has 10 heteroatoms. The summed E-state index contributed by atoms with van der Waals surface area (Å²) in [5.74, 6) is -0.107. The number of aliphatic hydroxyl groups excluding tert-OH is 1. The number of hydrogen-bond acceptors (Lipinski definition) is 6. The maximum atomic E-state index is 11.4. The Bertz CT molecular complexity index is 681. The Balaban J connectivity index is 3.74. The van der Waals surface area contributed by atoms with Crippen molar-refractivity contribution in [2.24, 2.45) is 10.3 Å². The number of aliphatic hydroxyl groups is 1. The van der Waals surface area contributed by atoms with Crippen LogP contribution in [0.1, 0.15) is 5.56 Å². The van der Waals surface area contributed by atoms with Gasteiger partial charge < -0.3 is 9.84 Å². The van der Waals surface area contributed by atoms with E-state index in [4.69, 9.17) is 20.1 Å². The van der Waals surface area contributed by atoms with Gasteiger partial charge in [0.1, 0.15) is 10.6 Å². The third-order valence-corrected chi connectivity index (χ3v) is 4.13. The van der Waals surface area contributed by atoms with Crippen LogP contribution >= 0.6 is 0 Å². The molecule has 1 aromatic rings. The zero-order valence-electron chi connectivity index (χ0n) is 10.0. The smallest absolute Gasteiger partial charge is 0.241 e. The topological polar surface area (TPSA) is 150 Å². The molecule has 0 unspecified atom stereocenters. The van der Waals surface area contributed by atoms with Gasteiger partial charge in [0.05, 0.1) is 12.0 Å². The quantitative estimate of drug-likeness (QED) is 0.604. The number of rotatable bonds is 5. The fourth-order valence-corrected chi connectivity index (χ4v) is 2.97. The summed E-state index contributed by atoms with van der Waals surface area (Å²) in [5.41, 5.74) is 0.181. The molecule has 5 N–H and O–H groups in total. The normalized spacial score (nSPS) is 12.4. The Kier molecular flexibility index (Phi) is 4.53. The van der Waals surface area contributed by atoms with Gasteiger partial charge in [-0.25, -0.2) is 27.1 Å². The zero-order valence-corrected chi connectivity index (χ0v) is 11.7. The number of sulfonamides is 2. The van der Waals surface area contributed by atoms with Crippen molar-refractivity contribution < 1.29 is 26.7 Å². The fraction of sp³-hybridized carbons (Fsp3) is 0.333. The lowest BCUT2D eigenvalue weighted by Crippen LogP contribution is -2.18. The Morgan fingerprint density at radius 1 is 1.16 bits per heavy atom. The van der Waals surface area contributed by atoms with Crippen LogP contribution in [0.2, 0.25) is 0 Å². The molecule has 0 radical (unpaired) electrons. The van der Waals surface area contributed by atoms with Crippen molar-refractivity contribution >= 4 is 20.0 Å². The van der Waals surface area contributed by atoms with Gasteiger partial charge in [-0.05, 0) is 24.1 Å². The summed E-state index contributed by atoms with van der Waals surface area (Å²) < 4.78 is 50.4. The van der Waals surface area contributed by atoms with Gasteiger partial charge in [-0.2, -0.15) is 0 Å². The van der Waals surface area contributed by atoms with Crippen LogP contribution in [-0.4, -0.2) is 35.7 Å². The molecule has 1 aromatic carbocycles. The second kappa shape index (κ2) is 5.43. The van der Waals surface area contributed by atoms with Crippen molar-refractivity contribution in [3.8, 4) is 5.75 Å². The molecular formula is C9H14N2O6S2. The van der Waals surface area contributed by atoms with E-state index in [2.05, 4.69) is 0 Å². The molecule has 0 bridgehead atoms. The van der Waals surface area contributed by atoms with Crippen molar-refractivity contribution in [1.29, 1.82) is 0 Å². The van der Waals surface area contributed by atoms with Gasteiger partial charge in [0.15, 0.2) is 0 Å². The third-order valence-electron chi connectivity index (χ3n) is 2.33. The minimum atomic E-state index is -4.20. The van der Waals surface area contributed by atoms with E-state index in [0.29, 0.717) is 0 Å². The summed E-state index contributed by atoms with van der Waals surface area (Å²) in [4.78, 5) is -0.911. The van der Waals surface area contributed by atoms with E-state index in [0.717, 1.165) is 12.1 Å². The number of hydrogen-bond donors (Lipinski definition) is 3. The Morgan fingerprint density at radius 2 is 1.74 bits per heavy atom. The first-order valence-electron chi connectivity index (χ1n) is 4.98. The first-order chi connectivity index (χ1) is 8.61. The van der Waals surface area contributed by atoms with Crippen LogP contribution in [0.25, 0.3) is 0 Å². The Labute approximate surface area is 111 Å². The monoisotopic (exact) mass is 310 g/mol. The third kappa shape index (κ3) is 3.64. The van der Waals surface area contributed by atoms with E-state index in [1.165, 1.54) is 7.11 Å². The highest BCUT2D eigenvalue weighted by Crippen LogP contribution is 2.30. The summed E-state index contributed by atoms with van der Waals surface area (Å²) >= 11 is 0. The molecule has 0 amide bonds. The standard InChI is InChI=1S/C9H14N2O6S2/c1-17-9-6(2-3-12)4-7(18(10,13)14)5-8(9)19(11,15)16/h4-5,12H,2-3H2,1H3,(H2,10,13,14)(H2,11,15,16). The van der Waals surface area contributed by atoms with Crippen molar-refractivity contribution in [2.45, 2.75) is 16.2 Å². The van der Waals surface area contributed by atoms with Gasteiger partial charge in [-0.3, -0.25) is 0 Å². The predicted octanol–water partition coefficient (Wildman–Crippen LogP) is -1.48. The lowest BCUT2D eigenvalue weighted by Gasteiger charge is -2.13. The van der Waals surface area contributed by atoms with Crippen LogP contribution in [-0.2, 0) is 26.5 Å². The zero-order chi connectivity index (χ0) is 14.8. The van der Waals surface area contributed by atoms with Gasteiger partial charge in [-0.1, -0.05) is 0 Å². The second-order valence-corrected chi connectivity index (χ2v) is 6.77. The van der Waals surface area contributed by atoms with Crippen molar-refractivity contribution in [1.82, 2.24) is 0 Å². The summed E-state index contributed by atoms with van der Waals surface area (Å²) in [6, 6.07) is 1.96. The first kappa shape index (κ1) is 15.9. The van der Waals surface area contributed by atoms with Gasteiger partial charge in [0.2, 0.25) is 20.0 Å². The second-order valence-electron chi connectivity index (χ2n) is 3.68. The maximum absolute atomic E-state index is 11.4. The fourth-order valence-electron chi connectivity index (χ4n) is 1.55. The van der Waals surface area contributed by atoms with Crippen LogP contribution < -0.4 is 15.0 Å². The molecule has 19 heavy (non-hydrogen) atoms. The highest BCUT2D eigenvalue weighted by Gasteiger charge is 2.23. The lowest BCUT2D eigenvalue weighted by atomic mass is 10.1. The summed E-state index contributed by atoms with van der Waals surface area (Å²) in [6.07, 6.45) is -0.00491. The summed E-state index contributed by atoms with van der Waals surface area (Å²) in [6.45, 7) is -0.325. The highest BCUT2D eigenvalue weighted by molar-refractivity contribution is 7.90. The van der Waals surface area contributed by atoms with E-state index in [1.807, 2.05) is 0 Å². The first-order valence-corrected chi connectivity index (χ1v) is 8.08. The van der Waals surface area contributed by atoms with E-state index >= 15 is 0 Å². The molecular weight excluding hydrogens is 296 g/mol. The van der Waals surface area contributed by atoms with Crippen LogP contribution in [0.4, 0.5) is 0 Å². The molecule has 0 heterocycles. The number of benzene rings is 1. The van der Waals surface area contributed by atoms with Crippen LogP contribution in [0.15, 0.2) is 21.9 Å². The minimum Gasteiger partial charge on any atom is -0.495 e. The average Bonchev–Trinajstić information content (AvgIpc) is 2.26. The van der Waals surface area contributed by atoms with E-state index in [1.54, 1.807) is 0 Å². The van der Waals surface area contributed by atoms with Crippen LogP contribution in [0.5, 0.6) is 5.75 Å². The Morgan fingerprint density at radius 3 is 2.11 bits per heavy atom. The van der Waals surface area contributed by atoms with Gasteiger partial charge in [0.25, 0.3) is 0 Å². The van der Waals surface area contributed by atoms with Crippen molar-refractivity contribution in [3.63, 3.8) is 0 Å². The molecule has 0 aliphatic heterocycles. The molecule has 1 rings (SSSR count). The van der Waals surface area contributed by atoms with E-state index in [-0.39, 0.29) is 24.3 Å². The van der Waals surface area contributed by atoms with Gasteiger partial charge in [-0.15, -0.1) is 0 Å². The molecule has 0 aliphatic carbocycles. The van der Waals surface area contributed by atoms with Gasteiger partial charge >= 0.3 is 0 Å². The van der Waals surface area contributed by atoms with Crippen molar-refractivity contribution in [2.75, 3.05) is 13.7 Å². The molecule has 0 saturated heterocycles. The van der Waals surface area contributed by atoms with E-state index < -0.39 is 29.8 Å². The number of primary sulfonamides is 2.